The van der Waals surface area contributed by atoms with E-state index in [1.54, 1.807) is 31.4 Å². The number of halogens is 2. The molecule has 2 aromatic carbocycles. The maximum absolute atomic E-state index is 12.5. The van der Waals surface area contributed by atoms with Crippen molar-refractivity contribution < 1.29 is 14.3 Å². The Bertz CT molecular complexity index is 1270. The molecule has 0 fully saturated rings. The minimum Gasteiger partial charge on any atom is -0.495 e. The van der Waals surface area contributed by atoms with Gasteiger partial charge in [0.2, 0.25) is 0 Å². The number of fused-ring (bicyclic) bond motifs is 1. The van der Waals surface area contributed by atoms with Crippen molar-refractivity contribution >= 4 is 40.4 Å². The highest BCUT2D eigenvalue weighted by Gasteiger charge is 2.13. The van der Waals surface area contributed by atoms with E-state index >= 15 is 0 Å². The Morgan fingerprint density at radius 2 is 1.90 bits per heavy atom. The van der Waals surface area contributed by atoms with Gasteiger partial charge in [-0.25, -0.2) is 4.98 Å². The molecule has 0 atom stereocenters. The first-order valence-corrected chi connectivity index (χ1v) is 10.2. The van der Waals surface area contributed by atoms with Crippen LogP contribution in [-0.4, -0.2) is 29.0 Å². The van der Waals surface area contributed by atoms with E-state index < -0.39 is 0 Å². The van der Waals surface area contributed by atoms with Gasteiger partial charge in [-0.05, 0) is 61.0 Å². The van der Waals surface area contributed by atoms with Crippen molar-refractivity contribution in [1.82, 2.24) is 9.38 Å². The molecule has 1 amide bonds. The third-order valence-electron chi connectivity index (χ3n) is 4.64. The number of rotatable bonds is 6. The fourth-order valence-corrected chi connectivity index (χ4v) is 3.57. The fourth-order valence-electron chi connectivity index (χ4n) is 3.11. The van der Waals surface area contributed by atoms with E-state index in [-0.39, 0.29) is 12.5 Å². The second-order valence-corrected chi connectivity index (χ2v) is 7.77. The van der Waals surface area contributed by atoms with Crippen molar-refractivity contribution in [2.24, 2.45) is 0 Å². The number of amides is 1. The Labute approximate surface area is 189 Å². The molecule has 4 aromatic rings. The molecule has 0 radical (unpaired) electrons. The number of aryl methyl sites for hydroxylation is 1. The lowest BCUT2D eigenvalue weighted by Gasteiger charge is -2.12. The van der Waals surface area contributed by atoms with Crippen LogP contribution in [0.2, 0.25) is 10.0 Å². The summed E-state index contributed by atoms with van der Waals surface area (Å²) in [4.78, 5) is 17.1. The molecular formula is C23H19Cl2N3O3. The lowest BCUT2D eigenvalue weighted by Crippen LogP contribution is -2.20. The van der Waals surface area contributed by atoms with Gasteiger partial charge in [0.05, 0.1) is 23.5 Å². The van der Waals surface area contributed by atoms with Crippen LogP contribution in [0.15, 0.2) is 60.9 Å². The first kappa shape index (κ1) is 21.0. The summed E-state index contributed by atoms with van der Waals surface area (Å²) in [6.45, 7) is 1.80. The largest absolute Gasteiger partial charge is 0.495 e. The summed E-state index contributed by atoms with van der Waals surface area (Å²) in [5, 5.41) is 3.65. The number of nitrogens with one attached hydrogen (secondary N) is 1. The van der Waals surface area contributed by atoms with Crippen molar-refractivity contribution in [3.63, 3.8) is 0 Å². The lowest BCUT2D eigenvalue weighted by molar-refractivity contribution is -0.118. The Morgan fingerprint density at radius 1 is 1.10 bits per heavy atom. The quantitative estimate of drug-likeness (QED) is 0.408. The topological polar surface area (TPSA) is 64.9 Å². The molecule has 0 aliphatic rings. The van der Waals surface area contributed by atoms with Crippen LogP contribution in [0.4, 0.5) is 5.69 Å². The monoisotopic (exact) mass is 455 g/mol. The Balaban J connectivity index is 1.53. The zero-order chi connectivity index (χ0) is 22.0. The molecular weight excluding hydrogens is 437 g/mol. The van der Waals surface area contributed by atoms with Gasteiger partial charge < -0.3 is 19.2 Å². The van der Waals surface area contributed by atoms with E-state index in [4.69, 9.17) is 32.7 Å². The standard InChI is InChI=1S/C23H19Cl2N3O3/c1-14-7-8-28-12-19(26-22(28)9-14)15-3-5-21(30-2)18(10-15)27-23(29)13-31-20-6-4-16(24)11-17(20)25/h3-12H,13H2,1-2H3,(H,27,29). The number of carbonyl (C=O) groups excluding carboxylic acids is 1. The van der Waals surface area contributed by atoms with Gasteiger partial charge in [0, 0.05) is 23.0 Å². The average Bonchev–Trinajstić information content (AvgIpc) is 3.16. The van der Waals surface area contributed by atoms with Crippen LogP contribution in [0, 0.1) is 6.92 Å². The van der Waals surface area contributed by atoms with Crippen molar-refractivity contribution in [3.05, 3.63) is 76.5 Å². The first-order valence-electron chi connectivity index (χ1n) is 9.44. The number of benzene rings is 2. The second kappa shape index (κ2) is 8.88. The first-order chi connectivity index (χ1) is 14.9. The van der Waals surface area contributed by atoms with Gasteiger partial charge in [-0.15, -0.1) is 0 Å². The summed E-state index contributed by atoms with van der Waals surface area (Å²) >= 11 is 12.0. The van der Waals surface area contributed by atoms with Crippen LogP contribution < -0.4 is 14.8 Å². The highest BCUT2D eigenvalue weighted by molar-refractivity contribution is 6.35. The number of hydrogen-bond donors (Lipinski definition) is 1. The van der Waals surface area contributed by atoms with Crippen molar-refractivity contribution in [1.29, 1.82) is 0 Å². The van der Waals surface area contributed by atoms with Gasteiger partial charge in [-0.3, -0.25) is 4.79 Å². The number of methoxy groups -OCH3 is 1. The van der Waals surface area contributed by atoms with E-state index in [1.165, 1.54) is 0 Å². The number of ether oxygens (including phenoxy) is 2. The molecule has 0 unspecified atom stereocenters. The van der Waals surface area contributed by atoms with E-state index in [9.17, 15) is 4.79 Å². The van der Waals surface area contributed by atoms with Gasteiger partial charge in [0.1, 0.15) is 17.1 Å². The zero-order valence-corrected chi connectivity index (χ0v) is 18.4. The summed E-state index contributed by atoms with van der Waals surface area (Å²) in [5.74, 6) is 0.551. The smallest absolute Gasteiger partial charge is 0.262 e. The predicted octanol–water partition coefficient (Wildman–Crippen LogP) is 5.64. The third-order valence-corrected chi connectivity index (χ3v) is 5.17. The summed E-state index contributed by atoms with van der Waals surface area (Å²) in [5.41, 5.74) is 4.13. The molecule has 158 valence electrons. The minimum atomic E-state index is -0.355. The molecule has 0 bridgehead atoms. The number of carbonyl (C=O) groups is 1. The van der Waals surface area contributed by atoms with Crippen LogP contribution in [0.1, 0.15) is 5.56 Å². The molecule has 6 nitrogen and oxygen atoms in total. The maximum atomic E-state index is 12.5. The molecule has 0 saturated heterocycles. The summed E-state index contributed by atoms with van der Waals surface area (Å²) in [6.07, 6.45) is 3.90. The van der Waals surface area contributed by atoms with Gasteiger partial charge >= 0.3 is 0 Å². The van der Waals surface area contributed by atoms with Gasteiger partial charge in [0.15, 0.2) is 6.61 Å². The van der Waals surface area contributed by atoms with Crippen LogP contribution in [-0.2, 0) is 4.79 Å². The SMILES string of the molecule is COc1ccc(-c2cn3ccc(C)cc3n2)cc1NC(=O)COc1ccc(Cl)cc1Cl. The van der Waals surface area contributed by atoms with Gasteiger partial charge in [-0.2, -0.15) is 0 Å². The Hall–Kier alpha value is -3.22. The van der Waals surface area contributed by atoms with Crippen LogP contribution in [0.3, 0.4) is 0 Å². The molecule has 1 N–H and O–H groups in total. The minimum absolute atomic E-state index is 0.220. The molecule has 2 aromatic heterocycles. The normalized spacial score (nSPS) is 10.8. The number of nitrogens with zero attached hydrogens (tertiary/aromatic N) is 2. The molecule has 0 aliphatic carbocycles. The molecule has 8 heteroatoms. The Kier molecular flexibility index (Phi) is 6.02. The van der Waals surface area contributed by atoms with Crippen LogP contribution in [0.5, 0.6) is 11.5 Å². The van der Waals surface area contributed by atoms with E-state index in [0.29, 0.717) is 27.2 Å². The second-order valence-electron chi connectivity index (χ2n) is 6.92. The summed E-state index contributed by atoms with van der Waals surface area (Å²) < 4.78 is 12.8. The maximum Gasteiger partial charge on any atom is 0.262 e. The summed E-state index contributed by atoms with van der Waals surface area (Å²) in [6, 6.07) is 14.3. The highest BCUT2D eigenvalue weighted by Crippen LogP contribution is 2.31. The van der Waals surface area contributed by atoms with Crippen molar-refractivity contribution in [2.75, 3.05) is 19.0 Å². The molecule has 2 heterocycles. The number of imidazole rings is 1. The number of hydrogen-bond acceptors (Lipinski definition) is 4. The zero-order valence-electron chi connectivity index (χ0n) is 16.9. The average molecular weight is 456 g/mol. The van der Waals surface area contributed by atoms with E-state index in [2.05, 4.69) is 10.3 Å². The number of aromatic nitrogens is 2. The molecule has 31 heavy (non-hydrogen) atoms. The molecule has 0 saturated carbocycles. The summed E-state index contributed by atoms with van der Waals surface area (Å²) in [7, 11) is 1.54. The van der Waals surface area contributed by atoms with Gasteiger partial charge in [-0.1, -0.05) is 23.2 Å². The van der Waals surface area contributed by atoms with Gasteiger partial charge in [0.25, 0.3) is 5.91 Å². The number of anilines is 1. The highest BCUT2D eigenvalue weighted by atomic mass is 35.5. The predicted molar refractivity (Wildman–Crippen MR) is 123 cm³/mol. The van der Waals surface area contributed by atoms with Crippen LogP contribution in [0.25, 0.3) is 16.9 Å². The molecule has 0 aliphatic heterocycles. The Morgan fingerprint density at radius 3 is 2.68 bits per heavy atom. The fraction of sp³-hybridized carbons (Fsp3) is 0.130. The van der Waals surface area contributed by atoms with Crippen molar-refractivity contribution in [3.8, 4) is 22.8 Å². The number of pyridine rings is 1. The molecule has 4 rings (SSSR count). The van der Waals surface area contributed by atoms with Crippen LogP contribution >= 0.6 is 23.2 Å². The molecule has 0 spiro atoms. The van der Waals surface area contributed by atoms with E-state index in [1.807, 2.05) is 48.0 Å². The van der Waals surface area contributed by atoms with E-state index in [0.717, 1.165) is 22.5 Å². The van der Waals surface area contributed by atoms with Crippen molar-refractivity contribution in [2.45, 2.75) is 6.92 Å². The third kappa shape index (κ3) is 4.76. The lowest BCUT2D eigenvalue weighted by atomic mass is 10.1.